The first-order valence-corrected chi connectivity index (χ1v) is 9.36. The van der Waals surface area contributed by atoms with Gasteiger partial charge in [-0.2, -0.15) is 0 Å². The lowest BCUT2D eigenvalue weighted by atomic mass is 9.86. The number of Topliss-reactive ketones (excluding diaryl/α,β-unsaturated/α-hetero) is 1. The van der Waals surface area contributed by atoms with Gasteiger partial charge >= 0.3 is 0 Å². The minimum atomic E-state index is -0.430. The first-order valence-electron chi connectivity index (χ1n) is 9.36. The molecule has 2 aromatic carbocycles. The standard InChI is InChI=1S/C22H25NO3/c24-21(18-7-3-1-4-8-18)22(25)23-16-15-17-11-13-20(14-12-17)26-19-9-5-2-6-10-19/h2,5-6,9-14,18H,1,3-4,7-8,15-16H2,(H,23,25). The number of nitrogens with one attached hydrogen (secondary N) is 1. The average Bonchev–Trinajstić information content (AvgIpc) is 2.70. The van der Waals surface area contributed by atoms with Gasteiger partial charge in [0.1, 0.15) is 11.5 Å². The van der Waals surface area contributed by atoms with Gasteiger partial charge in [-0.25, -0.2) is 0 Å². The van der Waals surface area contributed by atoms with Crippen molar-refractivity contribution in [3.63, 3.8) is 0 Å². The molecule has 0 atom stereocenters. The third-order valence-corrected chi connectivity index (χ3v) is 4.80. The fourth-order valence-electron chi connectivity index (χ4n) is 3.31. The minimum absolute atomic E-state index is 0.0711. The second-order valence-electron chi connectivity index (χ2n) is 6.76. The van der Waals surface area contributed by atoms with E-state index in [0.29, 0.717) is 13.0 Å². The predicted molar refractivity (Wildman–Crippen MR) is 101 cm³/mol. The van der Waals surface area contributed by atoms with Gasteiger partial charge in [0.25, 0.3) is 5.91 Å². The second kappa shape index (κ2) is 9.18. The number of benzene rings is 2. The van der Waals surface area contributed by atoms with Gasteiger partial charge in [0.2, 0.25) is 5.78 Å². The number of carbonyl (C=O) groups excluding carboxylic acids is 2. The monoisotopic (exact) mass is 351 g/mol. The highest BCUT2D eigenvalue weighted by Crippen LogP contribution is 2.24. The van der Waals surface area contributed by atoms with Crippen LogP contribution in [0, 0.1) is 5.92 Å². The molecule has 3 rings (SSSR count). The Morgan fingerprint density at radius 2 is 1.54 bits per heavy atom. The molecule has 26 heavy (non-hydrogen) atoms. The van der Waals surface area contributed by atoms with E-state index in [-0.39, 0.29) is 11.7 Å². The Balaban J connectivity index is 1.43. The zero-order valence-electron chi connectivity index (χ0n) is 14.9. The van der Waals surface area contributed by atoms with Crippen LogP contribution in [0.25, 0.3) is 0 Å². The minimum Gasteiger partial charge on any atom is -0.457 e. The molecule has 0 aliphatic heterocycles. The van der Waals surface area contributed by atoms with Crippen LogP contribution in [0.5, 0.6) is 11.5 Å². The number of carbonyl (C=O) groups is 2. The molecule has 1 fully saturated rings. The zero-order chi connectivity index (χ0) is 18.2. The zero-order valence-corrected chi connectivity index (χ0v) is 14.9. The fraction of sp³-hybridized carbons (Fsp3) is 0.364. The van der Waals surface area contributed by atoms with Crippen molar-refractivity contribution in [1.82, 2.24) is 5.32 Å². The molecule has 0 bridgehead atoms. The van der Waals surface area contributed by atoms with E-state index in [1.807, 2.05) is 54.6 Å². The number of hydrogen-bond acceptors (Lipinski definition) is 3. The smallest absolute Gasteiger partial charge is 0.287 e. The lowest BCUT2D eigenvalue weighted by Crippen LogP contribution is -2.37. The van der Waals surface area contributed by atoms with Crippen LogP contribution in [0.4, 0.5) is 0 Å². The van der Waals surface area contributed by atoms with Gasteiger partial charge in [0.05, 0.1) is 0 Å². The fourth-order valence-corrected chi connectivity index (χ4v) is 3.31. The summed E-state index contributed by atoms with van der Waals surface area (Å²) >= 11 is 0. The van der Waals surface area contributed by atoms with Crippen molar-refractivity contribution >= 4 is 11.7 Å². The molecule has 1 saturated carbocycles. The summed E-state index contributed by atoms with van der Waals surface area (Å²) in [6.45, 7) is 0.468. The third kappa shape index (κ3) is 5.19. The highest BCUT2D eigenvalue weighted by atomic mass is 16.5. The highest BCUT2D eigenvalue weighted by Gasteiger charge is 2.26. The Morgan fingerprint density at radius 3 is 2.23 bits per heavy atom. The molecule has 4 heteroatoms. The molecule has 136 valence electrons. The van der Waals surface area contributed by atoms with Crippen molar-refractivity contribution in [2.45, 2.75) is 38.5 Å². The summed E-state index contributed by atoms with van der Waals surface area (Å²) in [5.74, 6) is 0.834. The first-order chi connectivity index (χ1) is 12.7. The van der Waals surface area contributed by atoms with Crippen molar-refractivity contribution in [3.8, 4) is 11.5 Å². The highest BCUT2D eigenvalue weighted by molar-refractivity contribution is 6.36. The van der Waals surface area contributed by atoms with Gasteiger partial charge in [-0.3, -0.25) is 9.59 Å². The number of amides is 1. The topological polar surface area (TPSA) is 55.4 Å². The molecule has 0 unspecified atom stereocenters. The summed E-state index contributed by atoms with van der Waals surface area (Å²) in [5, 5.41) is 2.76. The molecule has 1 N–H and O–H groups in total. The van der Waals surface area contributed by atoms with E-state index in [1.54, 1.807) is 0 Å². The molecule has 0 saturated heterocycles. The lowest BCUT2D eigenvalue weighted by molar-refractivity contribution is -0.140. The van der Waals surface area contributed by atoms with Crippen LogP contribution in [-0.4, -0.2) is 18.2 Å². The van der Waals surface area contributed by atoms with E-state index in [2.05, 4.69) is 5.32 Å². The quantitative estimate of drug-likeness (QED) is 0.757. The van der Waals surface area contributed by atoms with Gasteiger partial charge in [0.15, 0.2) is 0 Å². The van der Waals surface area contributed by atoms with Gasteiger partial charge in [-0.05, 0) is 49.1 Å². The summed E-state index contributed by atoms with van der Waals surface area (Å²) in [4.78, 5) is 24.1. The van der Waals surface area contributed by atoms with E-state index in [4.69, 9.17) is 4.74 Å². The Hall–Kier alpha value is -2.62. The van der Waals surface area contributed by atoms with Crippen LogP contribution in [0.15, 0.2) is 54.6 Å². The van der Waals surface area contributed by atoms with Crippen LogP contribution in [0.1, 0.15) is 37.7 Å². The van der Waals surface area contributed by atoms with Crippen molar-refractivity contribution in [1.29, 1.82) is 0 Å². The summed E-state index contributed by atoms with van der Waals surface area (Å²) in [5.41, 5.74) is 1.09. The van der Waals surface area contributed by atoms with Crippen LogP contribution in [0.3, 0.4) is 0 Å². The Labute approximate surface area is 154 Å². The second-order valence-corrected chi connectivity index (χ2v) is 6.76. The van der Waals surface area contributed by atoms with E-state index >= 15 is 0 Å². The van der Waals surface area contributed by atoms with Crippen molar-refractivity contribution in [2.24, 2.45) is 5.92 Å². The largest absolute Gasteiger partial charge is 0.457 e. The first kappa shape index (κ1) is 18.2. The van der Waals surface area contributed by atoms with Crippen molar-refractivity contribution in [3.05, 3.63) is 60.2 Å². The average molecular weight is 351 g/mol. The van der Waals surface area contributed by atoms with Gasteiger partial charge < -0.3 is 10.1 Å². The maximum atomic E-state index is 12.1. The number of para-hydroxylation sites is 1. The van der Waals surface area contributed by atoms with E-state index in [0.717, 1.165) is 42.7 Å². The number of hydrogen-bond donors (Lipinski definition) is 1. The Bertz CT molecular complexity index is 719. The molecular formula is C22H25NO3. The van der Waals surface area contributed by atoms with Gasteiger partial charge in [-0.15, -0.1) is 0 Å². The molecule has 0 heterocycles. The normalized spacial score (nSPS) is 14.6. The summed E-state index contributed by atoms with van der Waals surface area (Å²) in [6.07, 6.45) is 5.69. The number of ether oxygens (including phenoxy) is 1. The maximum Gasteiger partial charge on any atom is 0.287 e. The molecule has 4 nitrogen and oxygen atoms in total. The molecule has 1 amide bonds. The Morgan fingerprint density at radius 1 is 0.885 bits per heavy atom. The number of ketones is 1. The molecule has 2 aromatic rings. The molecule has 0 aromatic heterocycles. The van der Waals surface area contributed by atoms with Crippen LogP contribution in [0.2, 0.25) is 0 Å². The van der Waals surface area contributed by atoms with E-state index < -0.39 is 5.91 Å². The van der Waals surface area contributed by atoms with Gasteiger partial charge in [0, 0.05) is 12.5 Å². The van der Waals surface area contributed by atoms with Crippen LogP contribution >= 0.6 is 0 Å². The SMILES string of the molecule is O=C(NCCc1ccc(Oc2ccccc2)cc1)C(=O)C1CCCCC1. The van der Waals surface area contributed by atoms with Crippen molar-refractivity contribution < 1.29 is 14.3 Å². The predicted octanol–water partition coefficient (Wildman–Crippen LogP) is 4.29. The van der Waals surface area contributed by atoms with Crippen LogP contribution < -0.4 is 10.1 Å². The lowest BCUT2D eigenvalue weighted by Gasteiger charge is -2.19. The summed E-state index contributed by atoms with van der Waals surface area (Å²) in [7, 11) is 0. The third-order valence-electron chi connectivity index (χ3n) is 4.80. The molecule has 1 aliphatic rings. The maximum absolute atomic E-state index is 12.1. The van der Waals surface area contributed by atoms with Crippen molar-refractivity contribution in [2.75, 3.05) is 6.54 Å². The molecular weight excluding hydrogens is 326 g/mol. The molecule has 1 aliphatic carbocycles. The summed E-state index contributed by atoms with van der Waals surface area (Å²) < 4.78 is 5.76. The summed E-state index contributed by atoms with van der Waals surface area (Å²) in [6, 6.07) is 17.4. The Kier molecular flexibility index (Phi) is 6.42. The van der Waals surface area contributed by atoms with Gasteiger partial charge in [-0.1, -0.05) is 49.6 Å². The van der Waals surface area contributed by atoms with E-state index in [1.165, 1.54) is 6.42 Å². The van der Waals surface area contributed by atoms with E-state index in [9.17, 15) is 9.59 Å². The van der Waals surface area contributed by atoms with Crippen LogP contribution in [-0.2, 0) is 16.0 Å². The molecule has 0 spiro atoms. The molecule has 0 radical (unpaired) electrons. The number of rotatable bonds is 7.